The van der Waals surface area contributed by atoms with E-state index in [9.17, 15) is 4.79 Å². The van der Waals surface area contributed by atoms with Crippen LogP contribution < -0.4 is 5.32 Å². The zero-order valence-electron chi connectivity index (χ0n) is 6.11. The summed E-state index contributed by atoms with van der Waals surface area (Å²) in [6.45, 7) is 5.53. The standard InChI is InChI=1S/C7H12N2O/c1-3-4-9-7(10)5-6(2)8/h3,8H,1,4-5H2,2H3,(H,9,10). The van der Waals surface area contributed by atoms with Gasteiger partial charge in [-0.05, 0) is 6.92 Å². The van der Waals surface area contributed by atoms with Crippen LogP contribution in [0.2, 0.25) is 0 Å². The molecule has 0 saturated heterocycles. The van der Waals surface area contributed by atoms with Crippen LogP contribution in [0, 0.1) is 5.41 Å². The van der Waals surface area contributed by atoms with E-state index >= 15 is 0 Å². The molecule has 0 fully saturated rings. The van der Waals surface area contributed by atoms with Crippen LogP contribution in [0.25, 0.3) is 0 Å². The lowest BCUT2D eigenvalue weighted by Gasteiger charge is -1.98. The van der Waals surface area contributed by atoms with Crippen molar-refractivity contribution < 1.29 is 4.79 Å². The van der Waals surface area contributed by atoms with Crippen molar-refractivity contribution in [2.45, 2.75) is 13.3 Å². The van der Waals surface area contributed by atoms with E-state index in [-0.39, 0.29) is 12.3 Å². The van der Waals surface area contributed by atoms with Gasteiger partial charge in [-0.1, -0.05) is 6.08 Å². The van der Waals surface area contributed by atoms with Gasteiger partial charge in [-0.25, -0.2) is 0 Å². The number of carbonyl (C=O) groups excluding carboxylic acids is 1. The number of nitrogens with one attached hydrogen (secondary N) is 2. The third-order valence-corrected chi connectivity index (χ3v) is 0.869. The SMILES string of the molecule is C=CCNC(=O)CC(C)=N. The van der Waals surface area contributed by atoms with E-state index in [1.807, 2.05) is 0 Å². The highest BCUT2D eigenvalue weighted by Gasteiger charge is 1.98. The van der Waals surface area contributed by atoms with Gasteiger partial charge in [0, 0.05) is 12.3 Å². The summed E-state index contributed by atoms with van der Waals surface area (Å²) in [6.07, 6.45) is 1.80. The Morgan fingerprint density at radius 2 is 2.40 bits per heavy atom. The fourth-order valence-corrected chi connectivity index (χ4v) is 0.489. The Balaban J connectivity index is 3.43. The van der Waals surface area contributed by atoms with Gasteiger partial charge in [0.25, 0.3) is 0 Å². The van der Waals surface area contributed by atoms with Gasteiger partial charge in [-0.3, -0.25) is 4.79 Å². The summed E-state index contributed by atoms with van der Waals surface area (Å²) < 4.78 is 0. The van der Waals surface area contributed by atoms with Crippen molar-refractivity contribution in [1.29, 1.82) is 5.41 Å². The zero-order valence-corrected chi connectivity index (χ0v) is 6.11. The molecular weight excluding hydrogens is 128 g/mol. The molecule has 0 atom stereocenters. The Kier molecular flexibility index (Phi) is 4.20. The molecule has 0 heterocycles. The van der Waals surface area contributed by atoms with Gasteiger partial charge in [0.1, 0.15) is 0 Å². The lowest BCUT2D eigenvalue weighted by atomic mass is 10.3. The van der Waals surface area contributed by atoms with Crippen molar-refractivity contribution in [3.63, 3.8) is 0 Å². The molecule has 0 radical (unpaired) electrons. The summed E-state index contributed by atoms with van der Waals surface area (Å²) in [5.74, 6) is -0.118. The Labute approximate surface area is 60.6 Å². The van der Waals surface area contributed by atoms with Gasteiger partial charge < -0.3 is 10.7 Å². The lowest BCUT2D eigenvalue weighted by molar-refractivity contribution is -0.119. The van der Waals surface area contributed by atoms with E-state index < -0.39 is 0 Å². The summed E-state index contributed by atoms with van der Waals surface area (Å²) in [5, 5.41) is 9.54. The average molecular weight is 140 g/mol. The highest BCUT2D eigenvalue weighted by molar-refractivity contribution is 5.98. The number of rotatable bonds is 4. The zero-order chi connectivity index (χ0) is 7.98. The molecule has 10 heavy (non-hydrogen) atoms. The molecule has 0 aromatic rings. The average Bonchev–Trinajstić information content (AvgIpc) is 1.82. The van der Waals surface area contributed by atoms with Gasteiger partial charge >= 0.3 is 0 Å². The maximum atomic E-state index is 10.7. The topological polar surface area (TPSA) is 53.0 Å². The second-order valence-electron chi connectivity index (χ2n) is 2.05. The minimum atomic E-state index is -0.118. The Morgan fingerprint density at radius 1 is 1.80 bits per heavy atom. The maximum absolute atomic E-state index is 10.7. The Bertz CT molecular complexity index is 152. The van der Waals surface area contributed by atoms with Gasteiger partial charge in [-0.15, -0.1) is 6.58 Å². The molecule has 0 unspecified atom stereocenters. The minimum Gasteiger partial charge on any atom is -0.352 e. The van der Waals surface area contributed by atoms with Crippen LogP contribution in [-0.2, 0) is 4.79 Å². The van der Waals surface area contributed by atoms with Crippen molar-refractivity contribution >= 4 is 11.6 Å². The molecule has 0 aliphatic rings. The first-order chi connectivity index (χ1) is 4.66. The molecule has 56 valence electrons. The third-order valence-electron chi connectivity index (χ3n) is 0.869. The van der Waals surface area contributed by atoms with E-state index in [2.05, 4.69) is 11.9 Å². The first-order valence-electron chi connectivity index (χ1n) is 3.08. The number of hydrogen-bond acceptors (Lipinski definition) is 2. The van der Waals surface area contributed by atoms with Crippen LogP contribution in [0.15, 0.2) is 12.7 Å². The van der Waals surface area contributed by atoms with Crippen LogP contribution in [0.1, 0.15) is 13.3 Å². The van der Waals surface area contributed by atoms with E-state index in [4.69, 9.17) is 5.41 Å². The van der Waals surface area contributed by atoms with Crippen molar-refractivity contribution in [3.05, 3.63) is 12.7 Å². The molecule has 0 bridgehead atoms. The van der Waals surface area contributed by atoms with E-state index in [0.717, 1.165) is 0 Å². The van der Waals surface area contributed by atoms with Gasteiger partial charge in [-0.2, -0.15) is 0 Å². The largest absolute Gasteiger partial charge is 0.352 e. The third kappa shape index (κ3) is 5.03. The molecule has 0 spiro atoms. The number of amides is 1. The lowest BCUT2D eigenvalue weighted by Crippen LogP contribution is -2.24. The fraction of sp³-hybridized carbons (Fsp3) is 0.429. The van der Waals surface area contributed by atoms with E-state index in [0.29, 0.717) is 12.3 Å². The van der Waals surface area contributed by atoms with Gasteiger partial charge in [0.15, 0.2) is 0 Å². The highest BCUT2D eigenvalue weighted by atomic mass is 16.1. The fourth-order valence-electron chi connectivity index (χ4n) is 0.489. The first-order valence-corrected chi connectivity index (χ1v) is 3.08. The molecule has 0 aromatic carbocycles. The molecule has 3 nitrogen and oxygen atoms in total. The second-order valence-corrected chi connectivity index (χ2v) is 2.05. The Hall–Kier alpha value is -1.12. The molecular formula is C7H12N2O. The summed E-state index contributed by atoms with van der Waals surface area (Å²) in [5.41, 5.74) is 0.376. The second kappa shape index (κ2) is 4.73. The minimum absolute atomic E-state index is 0.118. The summed E-state index contributed by atoms with van der Waals surface area (Å²) in [4.78, 5) is 10.7. The first kappa shape index (κ1) is 8.88. The van der Waals surface area contributed by atoms with E-state index in [1.54, 1.807) is 13.0 Å². The monoisotopic (exact) mass is 140 g/mol. The summed E-state index contributed by atoms with van der Waals surface area (Å²) in [6, 6.07) is 0. The molecule has 0 saturated carbocycles. The van der Waals surface area contributed by atoms with Crippen LogP contribution in [0.5, 0.6) is 0 Å². The molecule has 3 heteroatoms. The molecule has 0 rings (SSSR count). The molecule has 0 aliphatic heterocycles. The maximum Gasteiger partial charge on any atom is 0.225 e. The number of hydrogen-bond donors (Lipinski definition) is 2. The quantitative estimate of drug-likeness (QED) is 0.438. The van der Waals surface area contributed by atoms with Crippen molar-refractivity contribution in [1.82, 2.24) is 5.32 Å². The van der Waals surface area contributed by atoms with Crippen LogP contribution >= 0.6 is 0 Å². The van der Waals surface area contributed by atoms with Crippen LogP contribution in [-0.4, -0.2) is 18.2 Å². The van der Waals surface area contributed by atoms with Gasteiger partial charge in [0.05, 0.1) is 6.42 Å². The van der Waals surface area contributed by atoms with Crippen LogP contribution in [0.3, 0.4) is 0 Å². The predicted molar refractivity (Wildman–Crippen MR) is 41.2 cm³/mol. The van der Waals surface area contributed by atoms with Crippen molar-refractivity contribution in [3.8, 4) is 0 Å². The molecule has 1 amide bonds. The Morgan fingerprint density at radius 3 is 2.80 bits per heavy atom. The molecule has 0 aromatic heterocycles. The predicted octanol–water partition coefficient (Wildman–Crippen LogP) is 0.718. The summed E-state index contributed by atoms with van der Waals surface area (Å²) in [7, 11) is 0. The highest BCUT2D eigenvalue weighted by Crippen LogP contribution is 1.80. The van der Waals surface area contributed by atoms with Crippen molar-refractivity contribution in [2.24, 2.45) is 0 Å². The van der Waals surface area contributed by atoms with Crippen LogP contribution in [0.4, 0.5) is 0 Å². The molecule has 2 N–H and O–H groups in total. The van der Waals surface area contributed by atoms with Crippen molar-refractivity contribution in [2.75, 3.05) is 6.54 Å². The van der Waals surface area contributed by atoms with Gasteiger partial charge in [0.2, 0.25) is 5.91 Å². The normalized spacial score (nSPS) is 8.50. The number of carbonyl (C=O) groups is 1. The molecule has 0 aliphatic carbocycles. The summed E-state index contributed by atoms with van der Waals surface area (Å²) >= 11 is 0. The smallest absolute Gasteiger partial charge is 0.225 e. The van der Waals surface area contributed by atoms with E-state index in [1.165, 1.54) is 0 Å².